The highest BCUT2D eigenvalue weighted by atomic mass is 16.6. The predicted octanol–water partition coefficient (Wildman–Crippen LogP) is 0.403. The van der Waals surface area contributed by atoms with Crippen molar-refractivity contribution in [3.8, 4) is 0 Å². The van der Waals surface area contributed by atoms with Gasteiger partial charge in [0.1, 0.15) is 6.61 Å². The lowest BCUT2D eigenvalue weighted by molar-refractivity contribution is -0.280. The molecule has 4 nitrogen and oxygen atoms in total. The molecule has 0 heterocycles. The Labute approximate surface area is 89.7 Å². The first-order chi connectivity index (χ1) is 7.06. The zero-order chi connectivity index (χ0) is 11.3. The molecule has 0 aliphatic rings. The minimum Gasteiger partial charge on any atom is -0.378 e. The van der Waals surface area contributed by atoms with E-state index in [0.717, 1.165) is 5.56 Å². The van der Waals surface area contributed by atoms with Gasteiger partial charge in [-0.25, -0.2) is 4.90 Å². The molecule has 1 aromatic carbocycles. The van der Waals surface area contributed by atoms with Gasteiger partial charge in [0.2, 0.25) is 5.91 Å². The van der Waals surface area contributed by atoms with Crippen molar-refractivity contribution in [2.75, 3.05) is 20.8 Å². The summed E-state index contributed by atoms with van der Waals surface area (Å²) in [5.74, 6) is -1.93. The van der Waals surface area contributed by atoms with Crippen LogP contribution in [0.5, 0.6) is 0 Å². The van der Waals surface area contributed by atoms with Crippen LogP contribution in [0.25, 0.3) is 0 Å². The molecule has 2 N–H and O–H groups in total. The van der Waals surface area contributed by atoms with Gasteiger partial charge in [-0.1, -0.05) is 30.3 Å². The van der Waals surface area contributed by atoms with E-state index in [2.05, 4.69) is 0 Å². The molecule has 0 saturated carbocycles. The van der Waals surface area contributed by atoms with E-state index in [0.29, 0.717) is 6.54 Å². The lowest BCUT2D eigenvalue weighted by Crippen LogP contribution is -2.49. The number of hydrogen-bond acceptors (Lipinski definition) is 4. The molecule has 0 radical (unpaired) electrons. The number of ether oxygens (including phenoxy) is 1. The first-order valence-corrected chi connectivity index (χ1v) is 4.75. The number of rotatable bonds is 5. The summed E-state index contributed by atoms with van der Waals surface area (Å²) in [7, 11) is 3.06. The second-order valence-corrected chi connectivity index (χ2v) is 3.55. The lowest BCUT2D eigenvalue weighted by Gasteiger charge is -2.31. The Kier molecular flexibility index (Phi) is 4.23. The van der Waals surface area contributed by atoms with Gasteiger partial charge in [0.15, 0.2) is 0 Å². The minimum absolute atomic E-state index is 0.143. The molecule has 0 spiro atoms. The first-order valence-electron chi connectivity index (χ1n) is 4.75. The second kappa shape index (κ2) is 5.23. The third-order valence-electron chi connectivity index (χ3n) is 2.21. The van der Waals surface area contributed by atoms with Gasteiger partial charge >= 0.3 is 0 Å². The van der Waals surface area contributed by atoms with Crippen LogP contribution in [0.3, 0.4) is 0 Å². The minimum atomic E-state index is -1.93. The maximum atomic E-state index is 9.60. The van der Waals surface area contributed by atoms with Crippen molar-refractivity contribution in [3.63, 3.8) is 0 Å². The van der Waals surface area contributed by atoms with Gasteiger partial charge < -0.3 is 14.9 Å². The van der Waals surface area contributed by atoms with Crippen LogP contribution in [-0.2, 0) is 11.3 Å². The fourth-order valence-electron chi connectivity index (χ4n) is 1.29. The van der Waals surface area contributed by atoms with Crippen molar-refractivity contribution < 1.29 is 14.9 Å². The molecule has 15 heavy (non-hydrogen) atoms. The molecule has 0 fully saturated rings. The van der Waals surface area contributed by atoms with E-state index in [1.54, 1.807) is 7.05 Å². The normalized spacial score (nSPS) is 12.1. The average Bonchev–Trinajstić information content (AvgIpc) is 2.19. The molecule has 4 heteroatoms. The Morgan fingerprint density at radius 2 is 1.87 bits per heavy atom. The quantitative estimate of drug-likeness (QED) is 0.692. The van der Waals surface area contributed by atoms with Gasteiger partial charge in [-0.15, -0.1) is 0 Å². The Morgan fingerprint density at radius 1 is 1.27 bits per heavy atom. The summed E-state index contributed by atoms with van der Waals surface area (Å²) in [5, 5.41) is 19.2. The van der Waals surface area contributed by atoms with Crippen LogP contribution in [-0.4, -0.2) is 41.8 Å². The molecule has 0 amide bonds. The zero-order valence-electron chi connectivity index (χ0n) is 9.05. The molecule has 84 valence electrons. The number of benzene rings is 1. The van der Waals surface area contributed by atoms with Crippen LogP contribution >= 0.6 is 0 Å². The molecule has 0 aliphatic heterocycles. The Morgan fingerprint density at radius 3 is 2.40 bits per heavy atom. The SMILES string of the molecule is COCC(O)(O)N(C)Cc1ccccc1. The number of hydrogen-bond donors (Lipinski definition) is 2. The van der Waals surface area contributed by atoms with Gasteiger partial charge in [-0.3, -0.25) is 0 Å². The number of likely N-dealkylation sites (N-methyl/N-ethyl adjacent to an activating group) is 1. The third-order valence-corrected chi connectivity index (χ3v) is 2.21. The van der Waals surface area contributed by atoms with Crippen molar-refractivity contribution in [3.05, 3.63) is 35.9 Å². The number of nitrogens with zero attached hydrogens (tertiary/aromatic N) is 1. The molecule has 0 unspecified atom stereocenters. The summed E-state index contributed by atoms with van der Waals surface area (Å²) in [4.78, 5) is 1.42. The molecule has 1 rings (SSSR count). The molecule has 1 aromatic rings. The van der Waals surface area contributed by atoms with Crippen LogP contribution < -0.4 is 0 Å². The van der Waals surface area contributed by atoms with E-state index in [9.17, 15) is 10.2 Å². The highest BCUT2D eigenvalue weighted by Gasteiger charge is 2.28. The largest absolute Gasteiger partial charge is 0.378 e. The summed E-state index contributed by atoms with van der Waals surface area (Å²) in [5.41, 5.74) is 1.02. The van der Waals surface area contributed by atoms with E-state index in [1.165, 1.54) is 12.0 Å². The molecular formula is C11H17NO3. The van der Waals surface area contributed by atoms with Gasteiger partial charge in [0, 0.05) is 13.7 Å². The maximum absolute atomic E-state index is 9.60. The highest BCUT2D eigenvalue weighted by molar-refractivity contribution is 5.14. The summed E-state index contributed by atoms with van der Waals surface area (Å²) < 4.78 is 4.72. The Hall–Kier alpha value is -0.940. The molecular weight excluding hydrogens is 194 g/mol. The van der Waals surface area contributed by atoms with Crippen molar-refractivity contribution in [1.82, 2.24) is 4.90 Å². The fraction of sp³-hybridized carbons (Fsp3) is 0.455. The van der Waals surface area contributed by atoms with Crippen LogP contribution in [0, 0.1) is 0 Å². The summed E-state index contributed by atoms with van der Waals surface area (Å²) in [6.07, 6.45) is 0. The molecule has 0 aliphatic carbocycles. The van der Waals surface area contributed by atoms with Crippen molar-refractivity contribution in [2.24, 2.45) is 0 Å². The Balaban J connectivity index is 2.59. The number of aliphatic hydroxyl groups is 2. The van der Waals surface area contributed by atoms with Crippen LogP contribution in [0.15, 0.2) is 30.3 Å². The van der Waals surface area contributed by atoms with E-state index in [4.69, 9.17) is 4.74 Å². The van der Waals surface area contributed by atoms with Gasteiger partial charge in [-0.05, 0) is 12.6 Å². The molecule has 0 bridgehead atoms. The number of methoxy groups -OCH3 is 1. The summed E-state index contributed by atoms with van der Waals surface area (Å²) in [6, 6.07) is 9.61. The van der Waals surface area contributed by atoms with Gasteiger partial charge in [-0.2, -0.15) is 0 Å². The van der Waals surface area contributed by atoms with E-state index < -0.39 is 5.91 Å². The van der Waals surface area contributed by atoms with Crippen LogP contribution in [0.2, 0.25) is 0 Å². The fourth-order valence-corrected chi connectivity index (χ4v) is 1.29. The standard InChI is InChI=1S/C11H17NO3/c1-12(11(13,14)9-15-2)8-10-6-4-3-5-7-10/h3-7,13-14H,8-9H2,1-2H3. The van der Waals surface area contributed by atoms with E-state index >= 15 is 0 Å². The summed E-state index contributed by atoms with van der Waals surface area (Å²) >= 11 is 0. The first kappa shape index (κ1) is 12.1. The Bertz CT molecular complexity index is 287. The zero-order valence-corrected chi connectivity index (χ0v) is 9.05. The van der Waals surface area contributed by atoms with Gasteiger partial charge in [0.05, 0.1) is 0 Å². The topological polar surface area (TPSA) is 52.9 Å². The van der Waals surface area contributed by atoms with Crippen molar-refractivity contribution in [1.29, 1.82) is 0 Å². The molecule has 0 aromatic heterocycles. The lowest BCUT2D eigenvalue weighted by atomic mass is 10.2. The second-order valence-electron chi connectivity index (χ2n) is 3.55. The molecule has 0 atom stereocenters. The highest BCUT2D eigenvalue weighted by Crippen LogP contribution is 2.11. The average molecular weight is 211 g/mol. The van der Waals surface area contributed by atoms with Crippen molar-refractivity contribution in [2.45, 2.75) is 12.5 Å². The van der Waals surface area contributed by atoms with Crippen LogP contribution in [0.1, 0.15) is 5.56 Å². The van der Waals surface area contributed by atoms with Crippen LogP contribution in [0.4, 0.5) is 0 Å². The monoisotopic (exact) mass is 211 g/mol. The smallest absolute Gasteiger partial charge is 0.249 e. The maximum Gasteiger partial charge on any atom is 0.249 e. The van der Waals surface area contributed by atoms with Gasteiger partial charge in [0.25, 0.3) is 0 Å². The molecule has 0 saturated heterocycles. The van der Waals surface area contributed by atoms with E-state index in [1.807, 2.05) is 30.3 Å². The predicted molar refractivity (Wildman–Crippen MR) is 57.0 cm³/mol. The van der Waals surface area contributed by atoms with E-state index in [-0.39, 0.29) is 6.61 Å². The summed E-state index contributed by atoms with van der Waals surface area (Å²) in [6.45, 7) is 0.313. The van der Waals surface area contributed by atoms with Crippen molar-refractivity contribution >= 4 is 0 Å². The third kappa shape index (κ3) is 3.60.